The van der Waals surface area contributed by atoms with Crippen LogP contribution in [0.5, 0.6) is 0 Å². The maximum absolute atomic E-state index is 3.89. The highest BCUT2D eigenvalue weighted by Crippen LogP contribution is 2.57. The van der Waals surface area contributed by atoms with E-state index in [2.05, 4.69) is 122 Å². The first-order valence-electron chi connectivity index (χ1n) is 11.0. The number of rotatable bonds is 1. The van der Waals surface area contributed by atoms with Crippen molar-refractivity contribution in [2.45, 2.75) is 38.5 Å². The molecule has 0 N–H and O–H groups in total. The molecule has 4 aromatic carbocycles. The van der Waals surface area contributed by atoms with Gasteiger partial charge in [0.1, 0.15) is 0 Å². The van der Waals surface area contributed by atoms with E-state index in [1.54, 1.807) is 0 Å². The van der Waals surface area contributed by atoms with Gasteiger partial charge in [-0.2, -0.15) is 0 Å². The molecule has 0 aliphatic heterocycles. The number of benzene rings is 4. The summed E-state index contributed by atoms with van der Waals surface area (Å²) >= 11 is 3.89. The number of halogens is 1. The van der Waals surface area contributed by atoms with Crippen molar-refractivity contribution >= 4 is 15.9 Å². The molecule has 0 atom stereocenters. The van der Waals surface area contributed by atoms with Crippen LogP contribution < -0.4 is 0 Å². The molecule has 0 saturated heterocycles. The maximum Gasteiger partial charge on any atom is 0.0222 e. The summed E-state index contributed by atoms with van der Waals surface area (Å²) < 4.78 is 1.20. The molecular weight excluding hydrogens is 440 g/mol. The summed E-state index contributed by atoms with van der Waals surface area (Å²) in [5, 5.41) is 0. The topological polar surface area (TPSA) is 0 Å². The zero-order valence-electron chi connectivity index (χ0n) is 18.4. The quantitative estimate of drug-likeness (QED) is 0.264. The van der Waals surface area contributed by atoms with Gasteiger partial charge in [-0.05, 0) is 61.7 Å². The molecule has 152 valence electrons. The van der Waals surface area contributed by atoms with Crippen LogP contribution in [0.2, 0.25) is 0 Å². The van der Waals surface area contributed by atoms with E-state index in [0.29, 0.717) is 0 Å². The van der Waals surface area contributed by atoms with Crippen LogP contribution >= 0.6 is 15.9 Å². The van der Waals surface area contributed by atoms with E-state index >= 15 is 0 Å². The van der Waals surface area contributed by atoms with Crippen LogP contribution in [-0.2, 0) is 10.8 Å². The second-order valence-electron chi connectivity index (χ2n) is 9.91. The Labute approximate surface area is 193 Å². The highest BCUT2D eigenvalue weighted by Gasteiger charge is 2.40. The lowest BCUT2D eigenvalue weighted by Gasteiger charge is -2.24. The first-order chi connectivity index (χ1) is 14.8. The van der Waals surface area contributed by atoms with Gasteiger partial charge in [-0.15, -0.1) is 0 Å². The van der Waals surface area contributed by atoms with Crippen LogP contribution in [-0.4, -0.2) is 0 Å². The summed E-state index contributed by atoms with van der Waals surface area (Å²) in [7, 11) is 0. The minimum Gasteiger partial charge on any atom is -0.0619 e. The molecule has 2 aliphatic rings. The minimum absolute atomic E-state index is 0.0116. The summed E-state index contributed by atoms with van der Waals surface area (Å²) in [5.74, 6) is 0. The van der Waals surface area contributed by atoms with E-state index in [0.717, 1.165) is 0 Å². The Morgan fingerprint density at radius 2 is 1.00 bits per heavy atom. The normalized spacial score (nSPS) is 16.4. The fourth-order valence-electron chi connectivity index (χ4n) is 6.05. The smallest absolute Gasteiger partial charge is 0.0222 e. The van der Waals surface area contributed by atoms with E-state index in [-0.39, 0.29) is 10.8 Å². The Kier molecular flexibility index (Phi) is 3.82. The molecule has 31 heavy (non-hydrogen) atoms. The third-order valence-electron chi connectivity index (χ3n) is 7.55. The van der Waals surface area contributed by atoms with Crippen LogP contribution in [0.15, 0.2) is 83.3 Å². The average molecular weight is 465 g/mol. The summed E-state index contributed by atoms with van der Waals surface area (Å²) in [6.45, 7) is 9.40. The minimum atomic E-state index is -0.0318. The summed E-state index contributed by atoms with van der Waals surface area (Å²) in [5.41, 5.74) is 13.8. The van der Waals surface area contributed by atoms with Crippen molar-refractivity contribution in [3.8, 4) is 33.4 Å². The molecule has 1 heteroatoms. The van der Waals surface area contributed by atoms with Crippen molar-refractivity contribution in [3.63, 3.8) is 0 Å². The van der Waals surface area contributed by atoms with E-state index in [1.807, 2.05) is 0 Å². The first-order valence-corrected chi connectivity index (χ1v) is 11.8. The highest BCUT2D eigenvalue weighted by atomic mass is 79.9. The van der Waals surface area contributed by atoms with Gasteiger partial charge in [0.15, 0.2) is 0 Å². The number of fused-ring (bicyclic) bond motifs is 6. The monoisotopic (exact) mass is 464 g/mol. The Bertz CT molecular complexity index is 1390. The van der Waals surface area contributed by atoms with Crippen LogP contribution in [0.1, 0.15) is 49.9 Å². The fraction of sp³-hybridized carbons (Fsp3) is 0.200. The van der Waals surface area contributed by atoms with E-state index in [4.69, 9.17) is 0 Å². The Morgan fingerprint density at radius 3 is 1.71 bits per heavy atom. The lowest BCUT2D eigenvalue weighted by molar-refractivity contribution is 0.657. The standard InChI is InChI=1S/C30H25Br/c1-29(2)22-13-7-5-10-20(22)26-18(12-9-15-24(26)29)19-16-17-25(31)28-27(19)21-11-6-8-14-23(21)30(28,3)4/h5-17H,1-4H3. The SMILES string of the molecule is CC1(C)c2ccccc2-c2c(-c3ccc(Br)c4c3-c3ccccc3C4(C)C)cccc21. The molecule has 4 aromatic rings. The summed E-state index contributed by atoms with van der Waals surface area (Å²) in [6.07, 6.45) is 0. The third-order valence-corrected chi connectivity index (χ3v) is 8.21. The molecule has 0 heterocycles. The number of hydrogen-bond donors (Lipinski definition) is 0. The zero-order valence-corrected chi connectivity index (χ0v) is 20.0. The van der Waals surface area contributed by atoms with Gasteiger partial charge < -0.3 is 0 Å². The van der Waals surface area contributed by atoms with E-state index < -0.39 is 0 Å². The molecule has 0 fully saturated rings. The van der Waals surface area contributed by atoms with Gasteiger partial charge in [0, 0.05) is 15.3 Å². The van der Waals surface area contributed by atoms with Gasteiger partial charge in [-0.25, -0.2) is 0 Å². The molecule has 0 nitrogen and oxygen atoms in total. The molecule has 0 radical (unpaired) electrons. The van der Waals surface area contributed by atoms with Gasteiger partial charge in [-0.3, -0.25) is 0 Å². The van der Waals surface area contributed by atoms with Gasteiger partial charge >= 0.3 is 0 Å². The van der Waals surface area contributed by atoms with Crippen LogP contribution in [0.25, 0.3) is 33.4 Å². The second-order valence-corrected chi connectivity index (χ2v) is 10.8. The molecule has 0 aromatic heterocycles. The predicted molar refractivity (Wildman–Crippen MR) is 135 cm³/mol. The van der Waals surface area contributed by atoms with Crippen molar-refractivity contribution in [1.29, 1.82) is 0 Å². The van der Waals surface area contributed by atoms with Crippen LogP contribution in [0.3, 0.4) is 0 Å². The predicted octanol–water partition coefficient (Wildman–Crippen LogP) is 8.73. The average Bonchev–Trinajstić information content (AvgIpc) is 3.15. The maximum atomic E-state index is 3.89. The van der Waals surface area contributed by atoms with E-state index in [9.17, 15) is 0 Å². The molecule has 0 unspecified atom stereocenters. The summed E-state index contributed by atoms with van der Waals surface area (Å²) in [6, 6.07) is 29.3. The van der Waals surface area contributed by atoms with Crippen molar-refractivity contribution in [2.24, 2.45) is 0 Å². The van der Waals surface area contributed by atoms with Gasteiger partial charge in [-0.1, -0.05) is 116 Å². The van der Waals surface area contributed by atoms with Crippen molar-refractivity contribution in [3.05, 3.63) is 106 Å². The fourth-order valence-corrected chi connectivity index (χ4v) is 6.88. The largest absolute Gasteiger partial charge is 0.0619 e. The Morgan fingerprint density at radius 1 is 0.484 bits per heavy atom. The van der Waals surface area contributed by atoms with Crippen molar-refractivity contribution in [2.75, 3.05) is 0 Å². The molecule has 2 aliphatic carbocycles. The Hall–Kier alpha value is -2.64. The number of hydrogen-bond acceptors (Lipinski definition) is 0. The van der Waals surface area contributed by atoms with E-state index in [1.165, 1.54) is 60.1 Å². The van der Waals surface area contributed by atoms with Crippen molar-refractivity contribution < 1.29 is 0 Å². The lowest BCUT2D eigenvalue weighted by Crippen LogP contribution is -2.15. The van der Waals surface area contributed by atoms with Crippen LogP contribution in [0.4, 0.5) is 0 Å². The second kappa shape index (κ2) is 6.20. The lowest BCUT2D eigenvalue weighted by atomic mass is 9.80. The molecule has 6 rings (SSSR count). The van der Waals surface area contributed by atoms with Gasteiger partial charge in [0.05, 0.1) is 0 Å². The summed E-state index contributed by atoms with van der Waals surface area (Å²) in [4.78, 5) is 0. The molecule has 0 spiro atoms. The first kappa shape index (κ1) is 19.1. The Balaban J connectivity index is 1.73. The zero-order chi connectivity index (χ0) is 21.5. The molecular formula is C30H25Br. The van der Waals surface area contributed by atoms with Crippen LogP contribution in [0, 0.1) is 0 Å². The van der Waals surface area contributed by atoms with Gasteiger partial charge in [0.2, 0.25) is 0 Å². The molecule has 0 saturated carbocycles. The van der Waals surface area contributed by atoms with Crippen molar-refractivity contribution in [1.82, 2.24) is 0 Å². The third kappa shape index (κ3) is 2.36. The van der Waals surface area contributed by atoms with Gasteiger partial charge in [0.25, 0.3) is 0 Å². The molecule has 0 bridgehead atoms. The highest BCUT2D eigenvalue weighted by molar-refractivity contribution is 9.10. The molecule has 0 amide bonds.